The van der Waals surface area contributed by atoms with Gasteiger partial charge in [0.25, 0.3) is 11.8 Å². The van der Waals surface area contributed by atoms with Gasteiger partial charge in [0, 0.05) is 29.8 Å². The Balaban J connectivity index is 1.48. The van der Waals surface area contributed by atoms with Crippen LogP contribution in [-0.4, -0.2) is 38.1 Å². The highest BCUT2D eigenvalue weighted by Crippen LogP contribution is 2.17. The van der Waals surface area contributed by atoms with Crippen LogP contribution < -0.4 is 20.4 Å². The van der Waals surface area contributed by atoms with Gasteiger partial charge in [0.15, 0.2) is 0 Å². The Labute approximate surface area is 246 Å². The van der Waals surface area contributed by atoms with Crippen molar-refractivity contribution in [1.82, 2.24) is 10.7 Å². The molecular formula is C32H27BrN4O4. The minimum atomic E-state index is -0.612. The number of anilines is 1. The summed E-state index contributed by atoms with van der Waals surface area (Å²) in [6.07, 6.45) is 2.99. The van der Waals surface area contributed by atoms with E-state index in [1.54, 1.807) is 78.9 Å². The highest BCUT2D eigenvalue weighted by Gasteiger charge is 2.15. The molecule has 2 N–H and O–H groups in total. The fraction of sp³-hybridized carbons (Fsp3) is 0.0625. The molecule has 8 nitrogen and oxygen atoms in total. The number of benzene rings is 4. The van der Waals surface area contributed by atoms with Gasteiger partial charge in [-0.3, -0.25) is 9.59 Å². The first-order valence-corrected chi connectivity index (χ1v) is 13.3. The zero-order valence-electron chi connectivity index (χ0n) is 22.4. The van der Waals surface area contributed by atoms with Crippen LogP contribution >= 0.6 is 15.9 Å². The number of carbonyl (C=O) groups is 3. The second-order valence-electron chi connectivity index (χ2n) is 9.04. The molecule has 0 radical (unpaired) electrons. The second kappa shape index (κ2) is 13.9. The van der Waals surface area contributed by atoms with Crippen molar-refractivity contribution in [1.29, 1.82) is 0 Å². The Morgan fingerprint density at radius 2 is 1.51 bits per heavy atom. The molecule has 41 heavy (non-hydrogen) atoms. The lowest BCUT2D eigenvalue weighted by molar-refractivity contribution is -0.117. The fourth-order valence-corrected chi connectivity index (χ4v) is 4.04. The third-order valence-electron chi connectivity index (χ3n) is 5.76. The third kappa shape index (κ3) is 8.48. The number of hydrogen-bond acceptors (Lipinski definition) is 6. The molecular weight excluding hydrogens is 584 g/mol. The van der Waals surface area contributed by atoms with E-state index in [-0.39, 0.29) is 5.70 Å². The smallest absolute Gasteiger partial charge is 0.343 e. The Morgan fingerprint density at radius 3 is 2.22 bits per heavy atom. The van der Waals surface area contributed by atoms with E-state index < -0.39 is 17.8 Å². The average molecular weight is 611 g/mol. The van der Waals surface area contributed by atoms with Crippen molar-refractivity contribution in [2.75, 3.05) is 19.0 Å². The summed E-state index contributed by atoms with van der Waals surface area (Å²) in [6.45, 7) is 0. The molecule has 9 heteroatoms. The zero-order chi connectivity index (χ0) is 29.2. The maximum absolute atomic E-state index is 13.1. The number of hydrazone groups is 1. The summed E-state index contributed by atoms with van der Waals surface area (Å²) in [7, 11) is 3.87. The molecule has 0 aliphatic carbocycles. The van der Waals surface area contributed by atoms with Crippen LogP contribution in [0.4, 0.5) is 5.69 Å². The van der Waals surface area contributed by atoms with Gasteiger partial charge < -0.3 is 15.0 Å². The Bertz CT molecular complexity index is 1600. The summed E-state index contributed by atoms with van der Waals surface area (Å²) in [6, 6.07) is 29.7. The number of halogens is 1. The fourth-order valence-electron chi connectivity index (χ4n) is 3.64. The summed E-state index contributed by atoms with van der Waals surface area (Å²) in [4.78, 5) is 40.3. The molecule has 4 rings (SSSR count). The first kappa shape index (κ1) is 29.0. The first-order chi connectivity index (χ1) is 19.8. The highest BCUT2D eigenvalue weighted by atomic mass is 79.9. The Hall–Kier alpha value is -5.02. The van der Waals surface area contributed by atoms with Gasteiger partial charge in [0.2, 0.25) is 0 Å². The normalized spacial score (nSPS) is 11.1. The van der Waals surface area contributed by atoms with Gasteiger partial charge >= 0.3 is 5.97 Å². The maximum atomic E-state index is 13.1. The van der Waals surface area contributed by atoms with Crippen LogP contribution in [0.25, 0.3) is 6.08 Å². The molecule has 0 fully saturated rings. The summed E-state index contributed by atoms with van der Waals surface area (Å²) >= 11 is 3.34. The van der Waals surface area contributed by atoms with E-state index >= 15 is 0 Å². The number of nitrogens with zero attached hydrogens (tertiary/aromatic N) is 2. The maximum Gasteiger partial charge on any atom is 0.343 e. The first-order valence-electron chi connectivity index (χ1n) is 12.6. The van der Waals surface area contributed by atoms with E-state index in [0.29, 0.717) is 22.4 Å². The summed E-state index contributed by atoms with van der Waals surface area (Å²) in [5.74, 6) is -1.22. The van der Waals surface area contributed by atoms with Crippen molar-refractivity contribution < 1.29 is 19.1 Å². The van der Waals surface area contributed by atoms with Crippen LogP contribution in [0.1, 0.15) is 31.8 Å². The standard InChI is InChI=1S/C32H27BrN4O4/c1-37(2)27-16-14-22(15-17-27)19-29(35-30(38)24-9-4-3-5-10-24)31(39)36-34-21-23-8-6-13-28(18-23)41-32(40)25-11-7-12-26(33)20-25/h3-21H,1-2H3,(H,35,38)(H,36,39). The molecule has 0 aromatic heterocycles. The molecule has 0 heterocycles. The number of hydrogen-bond donors (Lipinski definition) is 2. The van der Waals surface area contributed by atoms with Crippen molar-refractivity contribution in [3.63, 3.8) is 0 Å². The van der Waals surface area contributed by atoms with Gasteiger partial charge in [-0.25, -0.2) is 10.2 Å². The number of carbonyl (C=O) groups excluding carboxylic acids is 3. The molecule has 0 saturated carbocycles. The third-order valence-corrected chi connectivity index (χ3v) is 6.25. The molecule has 0 bridgehead atoms. The lowest BCUT2D eigenvalue weighted by Crippen LogP contribution is -2.32. The van der Waals surface area contributed by atoms with Gasteiger partial charge in [-0.05, 0) is 71.8 Å². The van der Waals surface area contributed by atoms with E-state index in [0.717, 1.165) is 15.7 Å². The summed E-state index contributed by atoms with van der Waals surface area (Å²) in [5, 5.41) is 6.72. The van der Waals surface area contributed by atoms with Crippen LogP contribution in [0.3, 0.4) is 0 Å². The number of amides is 2. The van der Waals surface area contributed by atoms with Gasteiger partial charge in [0.05, 0.1) is 11.8 Å². The lowest BCUT2D eigenvalue weighted by Gasteiger charge is -2.12. The van der Waals surface area contributed by atoms with Gasteiger partial charge in [-0.1, -0.05) is 64.5 Å². The van der Waals surface area contributed by atoms with E-state index in [9.17, 15) is 14.4 Å². The molecule has 0 atom stereocenters. The van der Waals surface area contributed by atoms with Crippen LogP contribution in [0.15, 0.2) is 118 Å². The van der Waals surface area contributed by atoms with Crippen LogP contribution in [0, 0.1) is 0 Å². The molecule has 0 saturated heterocycles. The number of rotatable bonds is 9. The van der Waals surface area contributed by atoms with Crippen LogP contribution in [0.5, 0.6) is 5.75 Å². The van der Waals surface area contributed by atoms with Gasteiger partial charge in [0.1, 0.15) is 11.4 Å². The minimum Gasteiger partial charge on any atom is -0.423 e. The zero-order valence-corrected chi connectivity index (χ0v) is 24.0. The molecule has 0 unspecified atom stereocenters. The predicted octanol–water partition coefficient (Wildman–Crippen LogP) is 5.66. The highest BCUT2D eigenvalue weighted by molar-refractivity contribution is 9.10. The molecule has 4 aromatic rings. The van der Waals surface area contributed by atoms with Crippen molar-refractivity contribution in [2.24, 2.45) is 5.10 Å². The Morgan fingerprint density at radius 1 is 0.805 bits per heavy atom. The van der Waals surface area contributed by atoms with Crippen molar-refractivity contribution in [3.05, 3.63) is 136 Å². The lowest BCUT2D eigenvalue weighted by atomic mass is 10.1. The monoisotopic (exact) mass is 610 g/mol. The molecule has 0 aliphatic heterocycles. The van der Waals surface area contributed by atoms with Gasteiger partial charge in [-0.15, -0.1) is 0 Å². The number of nitrogens with one attached hydrogen (secondary N) is 2. The molecule has 2 amide bonds. The minimum absolute atomic E-state index is 0.0188. The van der Waals surface area contributed by atoms with Crippen molar-refractivity contribution in [3.8, 4) is 5.75 Å². The SMILES string of the molecule is CN(C)c1ccc(C=C(NC(=O)c2ccccc2)C(=O)NN=Cc2cccc(OC(=O)c3cccc(Br)c3)c2)cc1. The summed E-state index contributed by atoms with van der Waals surface area (Å²) in [5.41, 5.74) is 5.59. The molecule has 4 aromatic carbocycles. The molecule has 0 aliphatic rings. The topological polar surface area (TPSA) is 100 Å². The van der Waals surface area contributed by atoms with Crippen molar-refractivity contribution >= 4 is 51.7 Å². The predicted molar refractivity (Wildman–Crippen MR) is 164 cm³/mol. The van der Waals surface area contributed by atoms with Gasteiger partial charge in [-0.2, -0.15) is 5.10 Å². The van der Waals surface area contributed by atoms with E-state index in [1.165, 1.54) is 6.21 Å². The molecule has 206 valence electrons. The second-order valence-corrected chi connectivity index (χ2v) is 9.95. The largest absolute Gasteiger partial charge is 0.423 e. The molecule has 0 spiro atoms. The van der Waals surface area contributed by atoms with E-state index in [2.05, 4.69) is 31.8 Å². The van der Waals surface area contributed by atoms with Crippen molar-refractivity contribution in [2.45, 2.75) is 0 Å². The quantitative estimate of drug-likeness (QED) is 0.0838. The number of ether oxygens (including phenoxy) is 1. The van der Waals surface area contributed by atoms with Crippen LogP contribution in [-0.2, 0) is 4.79 Å². The average Bonchev–Trinajstić information content (AvgIpc) is 2.97. The van der Waals surface area contributed by atoms with E-state index in [4.69, 9.17) is 4.74 Å². The van der Waals surface area contributed by atoms with Crippen LogP contribution in [0.2, 0.25) is 0 Å². The Kier molecular flexibility index (Phi) is 9.80. The summed E-state index contributed by atoms with van der Waals surface area (Å²) < 4.78 is 6.23. The van der Waals surface area contributed by atoms with E-state index in [1.807, 2.05) is 49.3 Å². The number of esters is 1.